The molecule has 1 aromatic carbocycles. The van der Waals surface area contributed by atoms with Gasteiger partial charge in [-0.3, -0.25) is 9.59 Å². The Morgan fingerprint density at radius 2 is 1.88 bits per heavy atom. The lowest BCUT2D eigenvalue weighted by Gasteiger charge is -2.27. The zero-order chi connectivity index (χ0) is 17.6. The molecule has 1 heterocycles. The maximum atomic E-state index is 13.0. The largest absolute Gasteiger partial charge is 0.341 e. The number of carbonyl (C=O) groups is 2. The zero-order valence-corrected chi connectivity index (χ0v) is 14.9. The molecule has 0 bridgehead atoms. The van der Waals surface area contributed by atoms with Gasteiger partial charge in [0.05, 0.1) is 5.92 Å². The van der Waals surface area contributed by atoms with Crippen molar-refractivity contribution in [1.82, 2.24) is 9.80 Å². The van der Waals surface area contributed by atoms with Gasteiger partial charge in [0.1, 0.15) is 0 Å². The smallest absolute Gasteiger partial charge is 0.228 e. The number of likely N-dealkylation sites (tertiary alicyclic amines) is 1. The van der Waals surface area contributed by atoms with Crippen LogP contribution in [-0.2, 0) is 16.0 Å². The van der Waals surface area contributed by atoms with E-state index >= 15 is 0 Å². The summed E-state index contributed by atoms with van der Waals surface area (Å²) in [4.78, 5) is 29.1. The normalized spacial score (nSPS) is 21.1. The summed E-state index contributed by atoms with van der Waals surface area (Å²) < 4.78 is 0. The zero-order valence-electron chi connectivity index (χ0n) is 14.9. The molecule has 5 heteroatoms. The number of benzene rings is 1. The van der Waals surface area contributed by atoms with Crippen LogP contribution in [0.4, 0.5) is 0 Å². The first-order valence-electron chi connectivity index (χ1n) is 9.51. The van der Waals surface area contributed by atoms with Crippen molar-refractivity contribution in [3.63, 3.8) is 0 Å². The molecule has 2 aliphatic rings. The Labute approximate surface area is 150 Å². The van der Waals surface area contributed by atoms with Gasteiger partial charge in [0, 0.05) is 38.6 Å². The second kappa shape index (κ2) is 8.48. The van der Waals surface area contributed by atoms with Crippen LogP contribution in [0.5, 0.6) is 0 Å². The minimum absolute atomic E-state index is 0.0928. The van der Waals surface area contributed by atoms with Crippen molar-refractivity contribution in [1.29, 1.82) is 0 Å². The molecule has 0 spiro atoms. The molecule has 1 saturated carbocycles. The minimum Gasteiger partial charge on any atom is -0.341 e. The standard InChI is InChI=1S/C20H29N3O2/c21-11-13-22(12-10-16-6-2-1-3-7-16)20(25)17-14-19(24)23(15-17)18-8-4-5-9-18/h1-3,6-7,17-18H,4-5,8-15,21H2. The average Bonchev–Trinajstić information content (AvgIpc) is 3.28. The summed E-state index contributed by atoms with van der Waals surface area (Å²) >= 11 is 0. The highest BCUT2D eigenvalue weighted by atomic mass is 16.2. The van der Waals surface area contributed by atoms with Crippen molar-refractivity contribution in [2.24, 2.45) is 11.7 Å². The molecule has 2 N–H and O–H groups in total. The van der Waals surface area contributed by atoms with Crippen LogP contribution >= 0.6 is 0 Å². The molecule has 1 aromatic rings. The number of rotatable bonds is 7. The Kier molecular flexibility index (Phi) is 6.08. The van der Waals surface area contributed by atoms with E-state index in [1.807, 2.05) is 28.0 Å². The first-order chi connectivity index (χ1) is 12.2. The Bertz CT molecular complexity index is 584. The van der Waals surface area contributed by atoms with E-state index < -0.39 is 0 Å². The molecule has 1 atom stereocenters. The topological polar surface area (TPSA) is 66.6 Å². The quantitative estimate of drug-likeness (QED) is 0.821. The van der Waals surface area contributed by atoms with Crippen molar-refractivity contribution in [3.8, 4) is 0 Å². The van der Waals surface area contributed by atoms with Gasteiger partial charge in [0.2, 0.25) is 11.8 Å². The highest BCUT2D eigenvalue weighted by molar-refractivity contribution is 5.89. The highest BCUT2D eigenvalue weighted by Gasteiger charge is 2.39. The van der Waals surface area contributed by atoms with Crippen LogP contribution in [0, 0.1) is 5.92 Å². The summed E-state index contributed by atoms with van der Waals surface area (Å²) in [6.07, 6.45) is 5.76. The van der Waals surface area contributed by atoms with Crippen LogP contribution in [0.3, 0.4) is 0 Å². The molecule has 25 heavy (non-hydrogen) atoms. The maximum Gasteiger partial charge on any atom is 0.228 e. The second-order valence-corrected chi connectivity index (χ2v) is 7.23. The van der Waals surface area contributed by atoms with Gasteiger partial charge in [-0.2, -0.15) is 0 Å². The predicted molar refractivity (Wildman–Crippen MR) is 97.9 cm³/mol. The summed E-state index contributed by atoms with van der Waals surface area (Å²) in [6.45, 7) is 2.26. The van der Waals surface area contributed by atoms with Crippen molar-refractivity contribution in [2.75, 3.05) is 26.2 Å². The molecular weight excluding hydrogens is 314 g/mol. The fraction of sp³-hybridized carbons (Fsp3) is 0.600. The van der Waals surface area contributed by atoms with E-state index in [1.54, 1.807) is 0 Å². The van der Waals surface area contributed by atoms with Crippen LogP contribution in [0.15, 0.2) is 30.3 Å². The summed E-state index contributed by atoms with van der Waals surface area (Å²) in [5.41, 5.74) is 6.93. The first-order valence-corrected chi connectivity index (χ1v) is 9.51. The van der Waals surface area contributed by atoms with Gasteiger partial charge in [0.15, 0.2) is 0 Å². The summed E-state index contributed by atoms with van der Waals surface area (Å²) in [7, 11) is 0. The lowest BCUT2D eigenvalue weighted by Crippen LogP contribution is -2.42. The maximum absolute atomic E-state index is 13.0. The Balaban J connectivity index is 1.59. The Morgan fingerprint density at radius 3 is 2.56 bits per heavy atom. The average molecular weight is 343 g/mol. The van der Waals surface area contributed by atoms with Crippen molar-refractivity contribution >= 4 is 11.8 Å². The Hall–Kier alpha value is -1.88. The predicted octanol–water partition coefficient (Wildman–Crippen LogP) is 1.81. The summed E-state index contributed by atoms with van der Waals surface area (Å²) in [5.74, 6) is 0.0478. The Morgan fingerprint density at radius 1 is 1.16 bits per heavy atom. The number of hydrogen-bond acceptors (Lipinski definition) is 3. The van der Waals surface area contributed by atoms with E-state index in [1.165, 1.54) is 18.4 Å². The van der Waals surface area contributed by atoms with E-state index in [2.05, 4.69) is 12.1 Å². The molecule has 3 rings (SSSR count). The van der Waals surface area contributed by atoms with Gasteiger partial charge in [-0.1, -0.05) is 43.2 Å². The number of nitrogens with zero attached hydrogens (tertiary/aromatic N) is 2. The molecule has 1 saturated heterocycles. The molecular formula is C20H29N3O2. The number of nitrogens with two attached hydrogens (primary N) is 1. The van der Waals surface area contributed by atoms with Crippen molar-refractivity contribution < 1.29 is 9.59 Å². The molecule has 1 aliphatic carbocycles. The van der Waals surface area contributed by atoms with E-state index in [9.17, 15) is 9.59 Å². The molecule has 1 aliphatic heterocycles. The van der Waals surface area contributed by atoms with E-state index in [0.717, 1.165) is 19.3 Å². The van der Waals surface area contributed by atoms with Crippen molar-refractivity contribution in [3.05, 3.63) is 35.9 Å². The molecule has 0 aromatic heterocycles. The third-order valence-corrected chi connectivity index (χ3v) is 5.50. The highest BCUT2D eigenvalue weighted by Crippen LogP contribution is 2.30. The van der Waals surface area contributed by atoms with Crippen LogP contribution in [-0.4, -0.2) is 53.8 Å². The van der Waals surface area contributed by atoms with Gasteiger partial charge < -0.3 is 15.5 Å². The van der Waals surface area contributed by atoms with Gasteiger partial charge in [0.25, 0.3) is 0 Å². The van der Waals surface area contributed by atoms with Gasteiger partial charge >= 0.3 is 0 Å². The number of amides is 2. The van der Waals surface area contributed by atoms with Crippen LogP contribution in [0.25, 0.3) is 0 Å². The first kappa shape index (κ1) is 17.9. The number of carbonyl (C=O) groups excluding carboxylic acids is 2. The van der Waals surface area contributed by atoms with Crippen LogP contribution < -0.4 is 5.73 Å². The van der Waals surface area contributed by atoms with E-state index in [4.69, 9.17) is 5.73 Å². The third-order valence-electron chi connectivity index (χ3n) is 5.50. The monoisotopic (exact) mass is 343 g/mol. The minimum atomic E-state index is -0.199. The van der Waals surface area contributed by atoms with Gasteiger partial charge in [-0.25, -0.2) is 0 Å². The number of hydrogen-bond donors (Lipinski definition) is 1. The molecule has 136 valence electrons. The van der Waals surface area contributed by atoms with E-state index in [0.29, 0.717) is 38.6 Å². The second-order valence-electron chi connectivity index (χ2n) is 7.23. The SMILES string of the molecule is NCCN(CCc1ccccc1)C(=O)C1CC(=O)N(C2CCCC2)C1. The molecule has 0 radical (unpaired) electrons. The molecule has 1 unspecified atom stereocenters. The summed E-state index contributed by atoms with van der Waals surface area (Å²) in [5, 5.41) is 0. The van der Waals surface area contributed by atoms with E-state index in [-0.39, 0.29) is 17.7 Å². The van der Waals surface area contributed by atoms with Crippen molar-refractivity contribution in [2.45, 2.75) is 44.6 Å². The third kappa shape index (κ3) is 4.40. The molecule has 2 fully saturated rings. The molecule has 2 amide bonds. The fourth-order valence-corrected chi connectivity index (χ4v) is 4.12. The van der Waals surface area contributed by atoms with Gasteiger partial charge in [-0.05, 0) is 24.8 Å². The molecule has 5 nitrogen and oxygen atoms in total. The lowest BCUT2D eigenvalue weighted by molar-refractivity contribution is -0.135. The van der Waals surface area contributed by atoms with Crippen LogP contribution in [0.1, 0.15) is 37.7 Å². The van der Waals surface area contributed by atoms with Gasteiger partial charge in [-0.15, -0.1) is 0 Å². The van der Waals surface area contributed by atoms with Crippen LogP contribution in [0.2, 0.25) is 0 Å². The lowest BCUT2D eigenvalue weighted by atomic mass is 10.1. The fourth-order valence-electron chi connectivity index (χ4n) is 4.12. The summed E-state index contributed by atoms with van der Waals surface area (Å²) in [6, 6.07) is 10.5.